The van der Waals surface area contributed by atoms with Gasteiger partial charge in [0, 0.05) is 11.4 Å². The lowest BCUT2D eigenvalue weighted by atomic mass is 9.77. The largest absolute Gasteiger partial charge is 0.325 e. The van der Waals surface area contributed by atoms with E-state index in [4.69, 9.17) is 0 Å². The van der Waals surface area contributed by atoms with Crippen molar-refractivity contribution in [3.63, 3.8) is 0 Å². The van der Waals surface area contributed by atoms with Gasteiger partial charge in [-0.2, -0.15) is 0 Å². The molecule has 0 bridgehead atoms. The SMILES string of the molecule is CC1CCC2(CC1)NC(=O)N(CC(=O)Nc1cccc(NC(=O)c3cccs3)c1)C2=O. The molecule has 1 aromatic heterocycles. The molecule has 1 aliphatic carbocycles. The molecule has 1 aliphatic heterocycles. The molecule has 31 heavy (non-hydrogen) atoms. The fraction of sp³-hybridized carbons (Fsp3) is 0.364. The van der Waals surface area contributed by atoms with Gasteiger partial charge in [0.2, 0.25) is 5.91 Å². The Morgan fingerprint density at radius 1 is 1.13 bits per heavy atom. The van der Waals surface area contributed by atoms with E-state index in [-0.39, 0.29) is 18.4 Å². The number of hydrogen-bond donors (Lipinski definition) is 3. The molecule has 4 rings (SSSR count). The van der Waals surface area contributed by atoms with E-state index in [1.165, 1.54) is 11.3 Å². The quantitative estimate of drug-likeness (QED) is 0.619. The number of urea groups is 1. The van der Waals surface area contributed by atoms with Crippen LogP contribution < -0.4 is 16.0 Å². The summed E-state index contributed by atoms with van der Waals surface area (Å²) in [5, 5.41) is 10.1. The molecule has 8 nitrogen and oxygen atoms in total. The van der Waals surface area contributed by atoms with E-state index in [1.807, 2.05) is 5.38 Å². The van der Waals surface area contributed by atoms with Gasteiger partial charge in [-0.25, -0.2) is 4.79 Å². The fourth-order valence-corrected chi connectivity index (χ4v) is 4.65. The third-order valence-electron chi connectivity index (χ3n) is 5.82. The topological polar surface area (TPSA) is 108 Å². The highest BCUT2D eigenvalue weighted by atomic mass is 32.1. The van der Waals surface area contributed by atoms with Crippen molar-refractivity contribution in [2.24, 2.45) is 5.92 Å². The number of nitrogens with one attached hydrogen (secondary N) is 3. The van der Waals surface area contributed by atoms with E-state index >= 15 is 0 Å². The minimum Gasteiger partial charge on any atom is -0.324 e. The highest BCUT2D eigenvalue weighted by molar-refractivity contribution is 7.12. The summed E-state index contributed by atoms with van der Waals surface area (Å²) in [6.45, 7) is 1.78. The third kappa shape index (κ3) is 4.46. The van der Waals surface area contributed by atoms with Crippen LogP contribution in [0.4, 0.5) is 16.2 Å². The minimum atomic E-state index is -0.865. The van der Waals surface area contributed by atoms with E-state index in [2.05, 4.69) is 22.9 Å². The first-order valence-corrected chi connectivity index (χ1v) is 11.1. The maximum absolute atomic E-state index is 12.9. The number of carbonyl (C=O) groups excluding carboxylic acids is 4. The number of anilines is 2. The predicted octanol–water partition coefficient (Wildman–Crippen LogP) is 3.44. The van der Waals surface area contributed by atoms with Crippen LogP contribution in [0.5, 0.6) is 0 Å². The Bertz CT molecular complexity index is 1010. The van der Waals surface area contributed by atoms with Crippen LogP contribution in [0.25, 0.3) is 0 Å². The molecule has 1 spiro atoms. The van der Waals surface area contributed by atoms with Crippen LogP contribution in [0.2, 0.25) is 0 Å². The zero-order valence-corrected chi connectivity index (χ0v) is 18.0. The summed E-state index contributed by atoms with van der Waals surface area (Å²) in [5.74, 6) is -0.506. The molecule has 2 aliphatic rings. The summed E-state index contributed by atoms with van der Waals surface area (Å²) in [5.41, 5.74) is 0.124. The van der Waals surface area contributed by atoms with Crippen LogP contribution in [0.3, 0.4) is 0 Å². The van der Waals surface area contributed by atoms with Crippen LogP contribution in [0.15, 0.2) is 41.8 Å². The number of amides is 5. The number of nitrogens with zero attached hydrogens (tertiary/aromatic N) is 1. The highest BCUT2D eigenvalue weighted by Crippen LogP contribution is 2.36. The molecule has 0 unspecified atom stereocenters. The molecular formula is C22H24N4O4S. The van der Waals surface area contributed by atoms with E-state index in [0.717, 1.165) is 17.7 Å². The van der Waals surface area contributed by atoms with Crippen LogP contribution in [-0.4, -0.2) is 40.7 Å². The van der Waals surface area contributed by atoms with Gasteiger partial charge in [0.1, 0.15) is 12.1 Å². The van der Waals surface area contributed by atoms with Crippen LogP contribution >= 0.6 is 11.3 Å². The summed E-state index contributed by atoms with van der Waals surface area (Å²) in [4.78, 5) is 51.6. The van der Waals surface area contributed by atoms with Crippen LogP contribution in [0.1, 0.15) is 42.3 Å². The van der Waals surface area contributed by atoms with Crippen molar-refractivity contribution in [1.82, 2.24) is 10.2 Å². The molecule has 1 aromatic carbocycles. The Balaban J connectivity index is 1.37. The van der Waals surface area contributed by atoms with Crippen molar-refractivity contribution in [2.45, 2.75) is 38.1 Å². The van der Waals surface area contributed by atoms with Crippen molar-refractivity contribution in [2.75, 3.05) is 17.2 Å². The van der Waals surface area contributed by atoms with Gasteiger partial charge in [-0.1, -0.05) is 19.1 Å². The molecule has 2 fully saturated rings. The summed E-state index contributed by atoms with van der Waals surface area (Å²) < 4.78 is 0. The summed E-state index contributed by atoms with van der Waals surface area (Å²) in [6, 6.07) is 9.71. The van der Waals surface area contributed by atoms with Crippen molar-refractivity contribution in [1.29, 1.82) is 0 Å². The predicted molar refractivity (Wildman–Crippen MR) is 118 cm³/mol. The third-order valence-corrected chi connectivity index (χ3v) is 6.69. The monoisotopic (exact) mass is 440 g/mol. The number of carbonyl (C=O) groups is 4. The molecule has 162 valence electrons. The van der Waals surface area contributed by atoms with Crippen molar-refractivity contribution in [3.05, 3.63) is 46.7 Å². The van der Waals surface area contributed by atoms with Gasteiger partial charge in [0.05, 0.1) is 4.88 Å². The van der Waals surface area contributed by atoms with Gasteiger partial charge in [0.25, 0.3) is 11.8 Å². The lowest BCUT2D eigenvalue weighted by Crippen LogP contribution is -2.49. The van der Waals surface area contributed by atoms with E-state index < -0.39 is 17.5 Å². The lowest BCUT2D eigenvalue weighted by Gasteiger charge is -2.33. The van der Waals surface area contributed by atoms with Gasteiger partial charge in [0.15, 0.2) is 0 Å². The molecule has 1 saturated carbocycles. The van der Waals surface area contributed by atoms with Crippen LogP contribution in [0, 0.1) is 5.92 Å². The van der Waals surface area contributed by atoms with Gasteiger partial charge in [-0.15, -0.1) is 11.3 Å². The first-order chi connectivity index (χ1) is 14.9. The summed E-state index contributed by atoms with van der Waals surface area (Å²) in [6.07, 6.45) is 2.94. The number of thiophene rings is 1. The van der Waals surface area contributed by atoms with Crippen LogP contribution in [-0.2, 0) is 9.59 Å². The molecule has 3 N–H and O–H groups in total. The number of benzene rings is 1. The zero-order valence-electron chi connectivity index (χ0n) is 17.1. The van der Waals surface area contributed by atoms with Crippen molar-refractivity contribution in [3.8, 4) is 0 Å². The molecule has 9 heteroatoms. The Morgan fingerprint density at radius 3 is 2.52 bits per heavy atom. The van der Waals surface area contributed by atoms with E-state index in [9.17, 15) is 19.2 Å². The van der Waals surface area contributed by atoms with Crippen molar-refractivity contribution < 1.29 is 19.2 Å². The first-order valence-electron chi connectivity index (χ1n) is 10.3. The molecule has 0 radical (unpaired) electrons. The minimum absolute atomic E-state index is 0.232. The Morgan fingerprint density at radius 2 is 1.84 bits per heavy atom. The second kappa shape index (κ2) is 8.50. The smallest absolute Gasteiger partial charge is 0.324 e. The lowest BCUT2D eigenvalue weighted by molar-refractivity contribution is -0.135. The van der Waals surface area contributed by atoms with Gasteiger partial charge >= 0.3 is 6.03 Å². The maximum Gasteiger partial charge on any atom is 0.325 e. The number of imide groups is 1. The first kappa shape index (κ1) is 21.0. The van der Waals surface area contributed by atoms with E-state index in [0.29, 0.717) is 35.0 Å². The van der Waals surface area contributed by atoms with Gasteiger partial charge in [-0.3, -0.25) is 19.3 Å². The average Bonchev–Trinajstić information content (AvgIpc) is 3.35. The Hall–Kier alpha value is -3.20. The Kier molecular flexibility index (Phi) is 5.77. The molecule has 2 aromatic rings. The second-order valence-corrected chi connectivity index (χ2v) is 9.09. The fourth-order valence-electron chi connectivity index (χ4n) is 4.03. The second-order valence-electron chi connectivity index (χ2n) is 8.15. The Labute approximate surface area is 184 Å². The van der Waals surface area contributed by atoms with Gasteiger partial charge in [-0.05, 0) is 61.2 Å². The highest BCUT2D eigenvalue weighted by Gasteiger charge is 2.52. The normalized spacial score (nSPS) is 23.0. The van der Waals surface area contributed by atoms with Crippen molar-refractivity contribution >= 4 is 46.5 Å². The standard InChI is InChI=1S/C22H24N4O4S/c1-14-7-9-22(10-8-14)20(29)26(21(30)25-22)13-18(27)23-15-4-2-5-16(12-15)24-19(28)17-6-3-11-31-17/h2-6,11-12,14H,7-10,13H2,1H3,(H,23,27)(H,24,28)(H,25,30). The van der Waals surface area contributed by atoms with E-state index in [1.54, 1.807) is 36.4 Å². The van der Waals surface area contributed by atoms with Gasteiger partial charge < -0.3 is 16.0 Å². The molecule has 1 saturated heterocycles. The zero-order chi connectivity index (χ0) is 22.0. The number of rotatable bonds is 5. The molecule has 2 heterocycles. The summed E-state index contributed by atoms with van der Waals surface area (Å²) in [7, 11) is 0. The number of hydrogen-bond acceptors (Lipinski definition) is 5. The summed E-state index contributed by atoms with van der Waals surface area (Å²) >= 11 is 1.34. The maximum atomic E-state index is 12.9. The molecule has 0 atom stereocenters. The molecular weight excluding hydrogens is 416 g/mol. The average molecular weight is 441 g/mol. The molecule has 5 amide bonds.